The van der Waals surface area contributed by atoms with Gasteiger partial charge >= 0.3 is 0 Å². The van der Waals surface area contributed by atoms with Crippen LogP contribution in [0.4, 0.5) is 0 Å². The zero-order valence-corrected chi connectivity index (χ0v) is 10.0. The average Bonchev–Trinajstić information content (AvgIpc) is 2.02. The Labute approximate surface area is 86.3 Å². The molecule has 5 nitrogen and oxygen atoms in total. The molecule has 1 heterocycles. The molecule has 0 unspecified atom stereocenters. The molecule has 0 bridgehead atoms. The second-order valence-corrected chi connectivity index (χ2v) is 6.46. The first-order valence-corrected chi connectivity index (χ1v) is 6.02. The van der Waals surface area contributed by atoms with Crippen LogP contribution in [-0.4, -0.2) is 56.3 Å². The van der Waals surface area contributed by atoms with E-state index in [0.717, 1.165) is 0 Å². The summed E-state index contributed by atoms with van der Waals surface area (Å²) >= 11 is 0. The summed E-state index contributed by atoms with van der Waals surface area (Å²) in [7, 11) is -0.165. The van der Waals surface area contributed by atoms with E-state index in [2.05, 4.69) is 5.32 Å². The second-order valence-electron chi connectivity index (χ2n) is 4.32. The number of hydrogen-bond acceptors (Lipinski definition) is 2. The smallest absolute Gasteiger partial charge is 0.233 e. The SMILES string of the molecule is CN(C)S(=O)(=O)N1CC[N]C(C)(C)C1. The van der Waals surface area contributed by atoms with Crippen molar-refractivity contribution in [1.29, 1.82) is 0 Å². The van der Waals surface area contributed by atoms with Crippen LogP contribution in [0, 0.1) is 0 Å². The first-order valence-electron chi connectivity index (χ1n) is 4.62. The van der Waals surface area contributed by atoms with E-state index in [1.165, 1.54) is 8.61 Å². The Balaban J connectivity index is 2.80. The molecule has 1 radical (unpaired) electrons. The van der Waals surface area contributed by atoms with Gasteiger partial charge in [0.15, 0.2) is 0 Å². The Morgan fingerprint density at radius 1 is 1.36 bits per heavy atom. The maximum Gasteiger partial charge on any atom is 0.281 e. The zero-order chi connectivity index (χ0) is 11.0. The van der Waals surface area contributed by atoms with E-state index in [9.17, 15) is 8.42 Å². The molecule has 0 aromatic carbocycles. The van der Waals surface area contributed by atoms with Crippen molar-refractivity contribution < 1.29 is 8.42 Å². The Bertz CT molecular complexity index is 298. The van der Waals surface area contributed by atoms with Crippen LogP contribution in [0.3, 0.4) is 0 Å². The van der Waals surface area contributed by atoms with Crippen molar-refractivity contribution in [2.45, 2.75) is 19.4 Å². The largest absolute Gasteiger partial charge is 0.281 e. The number of nitrogens with zero attached hydrogens (tertiary/aromatic N) is 3. The van der Waals surface area contributed by atoms with Gasteiger partial charge < -0.3 is 0 Å². The topological polar surface area (TPSA) is 54.7 Å². The highest BCUT2D eigenvalue weighted by atomic mass is 32.2. The van der Waals surface area contributed by atoms with Gasteiger partial charge in [-0.05, 0) is 13.8 Å². The maximum absolute atomic E-state index is 11.8. The Morgan fingerprint density at radius 3 is 2.36 bits per heavy atom. The van der Waals surface area contributed by atoms with Gasteiger partial charge in [0.05, 0.1) is 0 Å². The quantitative estimate of drug-likeness (QED) is 0.629. The Hall–Kier alpha value is -0.170. The molecular weight excluding hydrogens is 202 g/mol. The lowest BCUT2D eigenvalue weighted by Gasteiger charge is -2.37. The van der Waals surface area contributed by atoms with Gasteiger partial charge in [0.2, 0.25) is 0 Å². The molecule has 0 aromatic heterocycles. The third-order valence-corrected chi connectivity index (χ3v) is 4.13. The molecule has 1 fully saturated rings. The lowest BCUT2D eigenvalue weighted by Crippen LogP contribution is -2.56. The minimum atomic E-state index is -3.26. The minimum Gasteiger partial charge on any atom is -0.233 e. The van der Waals surface area contributed by atoms with E-state index in [0.29, 0.717) is 19.6 Å². The summed E-state index contributed by atoms with van der Waals surface area (Å²) in [4.78, 5) is 0. The van der Waals surface area contributed by atoms with Gasteiger partial charge in [-0.15, -0.1) is 0 Å². The number of piperazine rings is 1. The summed E-state index contributed by atoms with van der Waals surface area (Å²) in [6.45, 7) is 5.44. The van der Waals surface area contributed by atoms with E-state index < -0.39 is 10.2 Å². The van der Waals surface area contributed by atoms with Crippen LogP contribution < -0.4 is 5.32 Å². The van der Waals surface area contributed by atoms with Crippen molar-refractivity contribution in [3.63, 3.8) is 0 Å². The second kappa shape index (κ2) is 3.77. The third-order valence-electron chi connectivity index (χ3n) is 2.24. The Morgan fingerprint density at radius 2 is 1.93 bits per heavy atom. The fourth-order valence-corrected chi connectivity index (χ4v) is 2.71. The molecule has 0 amide bonds. The molecule has 0 saturated carbocycles. The van der Waals surface area contributed by atoms with E-state index in [1.54, 1.807) is 14.1 Å². The van der Waals surface area contributed by atoms with Crippen LogP contribution in [0.5, 0.6) is 0 Å². The van der Waals surface area contributed by atoms with Gasteiger partial charge in [-0.3, -0.25) is 0 Å². The summed E-state index contributed by atoms with van der Waals surface area (Å²) in [5.41, 5.74) is -0.263. The fraction of sp³-hybridized carbons (Fsp3) is 1.00. The maximum atomic E-state index is 11.8. The third kappa shape index (κ3) is 2.44. The molecule has 83 valence electrons. The lowest BCUT2D eigenvalue weighted by atomic mass is 10.0. The van der Waals surface area contributed by atoms with Crippen molar-refractivity contribution >= 4 is 10.2 Å². The normalized spacial score (nSPS) is 24.1. The molecule has 0 spiro atoms. The number of hydrogen-bond donors (Lipinski definition) is 0. The molecule has 6 heteroatoms. The standard InChI is InChI=1S/C8H18N3O2S/c1-8(2)7-11(6-5-9-8)14(12,13)10(3)4/h5-7H2,1-4H3. The van der Waals surface area contributed by atoms with Crippen LogP contribution in [0.15, 0.2) is 0 Å². The summed E-state index contributed by atoms with van der Waals surface area (Å²) in [5.74, 6) is 0. The molecule has 14 heavy (non-hydrogen) atoms. The monoisotopic (exact) mass is 220 g/mol. The van der Waals surface area contributed by atoms with Gasteiger partial charge in [0.25, 0.3) is 10.2 Å². The van der Waals surface area contributed by atoms with Crippen LogP contribution in [0.1, 0.15) is 13.8 Å². The van der Waals surface area contributed by atoms with Gasteiger partial charge in [-0.1, -0.05) is 0 Å². The highest BCUT2D eigenvalue weighted by Gasteiger charge is 2.34. The van der Waals surface area contributed by atoms with E-state index in [-0.39, 0.29) is 5.54 Å². The van der Waals surface area contributed by atoms with Crippen LogP contribution in [0.2, 0.25) is 0 Å². The first kappa shape index (κ1) is 11.9. The van der Waals surface area contributed by atoms with Crippen LogP contribution in [-0.2, 0) is 10.2 Å². The molecule has 1 saturated heterocycles. The Kier molecular flexibility index (Phi) is 3.20. The molecule has 1 aliphatic rings. The van der Waals surface area contributed by atoms with Gasteiger partial charge in [-0.25, -0.2) is 5.32 Å². The summed E-state index contributed by atoms with van der Waals surface area (Å²) in [6, 6.07) is 0. The van der Waals surface area contributed by atoms with Crippen LogP contribution in [0.25, 0.3) is 0 Å². The molecule has 0 aliphatic carbocycles. The van der Waals surface area contributed by atoms with Crippen molar-refractivity contribution in [1.82, 2.24) is 13.9 Å². The minimum absolute atomic E-state index is 0.263. The molecule has 1 rings (SSSR count). The molecule has 0 N–H and O–H groups in total. The van der Waals surface area contributed by atoms with Gasteiger partial charge in [0.1, 0.15) is 0 Å². The van der Waals surface area contributed by atoms with Crippen molar-refractivity contribution in [2.24, 2.45) is 0 Å². The van der Waals surface area contributed by atoms with Crippen molar-refractivity contribution in [3.8, 4) is 0 Å². The van der Waals surface area contributed by atoms with Crippen molar-refractivity contribution in [2.75, 3.05) is 33.7 Å². The predicted octanol–water partition coefficient (Wildman–Crippen LogP) is -0.509. The van der Waals surface area contributed by atoms with Crippen molar-refractivity contribution in [3.05, 3.63) is 0 Å². The highest BCUT2D eigenvalue weighted by Crippen LogP contribution is 2.16. The molecule has 0 aromatic rings. The number of rotatable bonds is 2. The first-order chi connectivity index (χ1) is 6.26. The lowest BCUT2D eigenvalue weighted by molar-refractivity contribution is 0.220. The van der Waals surface area contributed by atoms with Gasteiger partial charge in [-0.2, -0.15) is 17.0 Å². The van der Waals surface area contributed by atoms with E-state index in [4.69, 9.17) is 0 Å². The summed E-state index contributed by atoms with van der Waals surface area (Å²) < 4.78 is 26.3. The molecular formula is C8H18N3O2S. The zero-order valence-electron chi connectivity index (χ0n) is 9.19. The van der Waals surface area contributed by atoms with Crippen LogP contribution >= 0.6 is 0 Å². The van der Waals surface area contributed by atoms with Gasteiger partial charge in [0, 0.05) is 39.3 Å². The predicted molar refractivity (Wildman–Crippen MR) is 55.3 cm³/mol. The highest BCUT2D eigenvalue weighted by molar-refractivity contribution is 7.86. The summed E-state index contributed by atoms with van der Waals surface area (Å²) in [6.07, 6.45) is 0. The van der Waals surface area contributed by atoms with E-state index >= 15 is 0 Å². The average molecular weight is 220 g/mol. The summed E-state index contributed by atoms with van der Waals surface area (Å²) in [5, 5.41) is 4.36. The van der Waals surface area contributed by atoms with E-state index in [1.807, 2.05) is 13.8 Å². The fourth-order valence-electron chi connectivity index (χ4n) is 1.45. The molecule has 0 atom stereocenters. The molecule has 1 aliphatic heterocycles.